The van der Waals surface area contributed by atoms with E-state index in [4.69, 9.17) is 9.84 Å². The van der Waals surface area contributed by atoms with Crippen molar-refractivity contribution in [2.45, 2.75) is 46.6 Å². The van der Waals surface area contributed by atoms with Gasteiger partial charge in [0.05, 0.1) is 31.1 Å². The van der Waals surface area contributed by atoms with E-state index in [1.807, 2.05) is 24.2 Å². The molecule has 9 nitrogen and oxygen atoms in total. The maximum absolute atomic E-state index is 12.8. The number of aromatic nitrogens is 5. The molecule has 1 atom stereocenters. The fourth-order valence-electron chi connectivity index (χ4n) is 4.65. The highest BCUT2D eigenvalue weighted by Gasteiger charge is 2.22. The van der Waals surface area contributed by atoms with Gasteiger partial charge in [-0.2, -0.15) is 10.2 Å². The third-order valence-electron chi connectivity index (χ3n) is 7.13. The van der Waals surface area contributed by atoms with Crippen molar-refractivity contribution in [3.05, 3.63) is 54.0 Å². The molecule has 9 heteroatoms. The predicted molar refractivity (Wildman–Crippen MR) is 146 cm³/mol. The zero-order chi connectivity index (χ0) is 26.7. The molecule has 4 aromatic rings. The molecule has 1 aromatic carbocycles. The van der Waals surface area contributed by atoms with Gasteiger partial charge in [-0.3, -0.25) is 14.8 Å². The van der Waals surface area contributed by atoms with Crippen LogP contribution >= 0.6 is 0 Å². The Balaban J connectivity index is 1.62. The molecule has 3 heterocycles. The van der Waals surface area contributed by atoms with Gasteiger partial charge in [0.25, 0.3) is 0 Å². The van der Waals surface area contributed by atoms with Crippen molar-refractivity contribution >= 4 is 11.6 Å². The zero-order valence-electron chi connectivity index (χ0n) is 22.8. The lowest BCUT2D eigenvalue weighted by molar-refractivity contribution is -0.133. The highest BCUT2D eigenvalue weighted by molar-refractivity contribution is 5.79. The Morgan fingerprint density at radius 2 is 1.81 bits per heavy atom. The first-order valence-corrected chi connectivity index (χ1v) is 12.8. The molecule has 1 amide bonds. The number of likely N-dealkylation sites (N-methyl/N-ethyl adjacent to an activating group) is 2. The van der Waals surface area contributed by atoms with Gasteiger partial charge in [-0.05, 0) is 43.1 Å². The molecule has 3 aromatic heterocycles. The van der Waals surface area contributed by atoms with Crippen LogP contribution in [0.15, 0.2) is 42.9 Å². The largest absolute Gasteiger partial charge is 0.493 e. The third kappa shape index (κ3) is 5.22. The summed E-state index contributed by atoms with van der Waals surface area (Å²) in [6, 6.07) is 10.3. The predicted octanol–water partition coefficient (Wildman–Crippen LogP) is 4.78. The molecule has 0 bridgehead atoms. The van der Waals surface area contributed by atoms with E-state index in [1.165, 1.54) is 6.33 Å². The lowest BCUT2D eigenvalue weighted by Gasteiger charge is -2.28. The Hall–Kier alpha value is -3.72. The number of ether oxygens (including phenoxy) is 1. The maximum atomic E-state index is 12.8. The molecule has 0 aliphatic carbocycles. The van der Waals surface area contributed by atoms with E-state index in [2.05, 4.69) is 79.0 Å². The lowest BCUT2D eigenvalue weighted by atomic mass is 9.93. The first kappa shape index (κ1) is 26.3. The number of benzene rings is 1. The maximum Gasteiger partial charge on any atom is 0.236 e. The van der Waals surface area contributed by atoms with Crippen LogP contribution in [0.1, 0.15) is 57.7 Å². The summed E-state index contributed by atoms with van der Waals surface area (Å²) in [5.74, 6) is 0.997. The number of H-pyrrole nitrogens is 1. The smallest absolute Gasteiger partial charge is 0.236 e. The summed E-state index contributed by atoms with van der Waals surface area (Å²) in [4.78, 5) is 21.0. The molecule has 0 fully saturated rings. The second-order valence-corrected chi connectivity index (χ2v) is 9.60. The molecule has 4 rings (SSSR count). The van der Waals surface area contributed by atoms with Crippen molar-refractivity contribution in [3.8, 4) is 28.3 Å². The lowest BCUT2D eigenvalue weighted by Crippen LogP contribution is -2.39. The van der Waals surface area contributed by atoms with Crippen molar-refractivity contribution in [1.82, 2.24) is 34.6 Å². The van der Waals surface area contributed by atoms with Crippen molar-refractivity contribution in [2.75, 3.05) is 33.8 Å². The molecule has 0 saturated heterocycles. The van der Waals surface area contributed by atoms with Gasteiger partial charge in [-0.1, -0.05) is 52.0 Å². The van der Waals surface area contributed by atoms with E-state index >= 15 is 0 Å². The van der Waals surface area contributed by atoms with Gasteiger partial charge >= 0.3 is 0 Å². The molecule has 0 saturated carbocycles. The first-order chi connectivity index (χ1) is 17.8. The van der Waals surface area contributed by atoms with Gasteiger partial charge < -0.3 is 9.64 Å². The number of carbonyl (C=O) groups is 1. The van der Waals surface area contributed by atoms with Crippen LogP contribution in [-0.4, -0.2) is 74.3 Å². The third-order valence-corrected chi connectivity index (χ3v) is 7.13. The second-order valence-electron chi connectivity index (χ2n) is 9.60. The highest BCUT2D eigenvalue weighted by Crippen LogP contribution is 2.37. The number of hydrogen-bond acceptors (Lipinski definition) is 6. The van der Waals surface area contributed by atoms with Crippen molar-refractivity contribution in [2.24, 2.45) is 0 Å². The minimum Gasteiger partial charge on any atom is -0.493 e. The number of fused-ring (bicyclic) bond motifs is 1. The van der Waals surface area contributed by atoms with E-state index in [9.17, 15) is 4.79 Å². The van der Waals surface area contributed by atoms with Gasteiger partial charge in [0.1, 0.15) is 6.33 Å². The number of methoxy groups -OCH3 is 1. The molecule has 0 aliphatic heterocycles. The minimum atomic E-state index is -0.0270. The number of hydrogen-bond donors (Lipinski definition) is 1. The normalized spacial score (nSPS) is 12.5. The fourth-order valence-corrected chi connectivity index (χ4v) is 4.65. The number of carbonyl (C=O) groups excluding carboxylic acids is 1. The summed E-state index contributed by atoms with van der Waals surface area (Å²) in [6.45, 7) is 12.7. The summed E-state index contributed by atoms with van der Waals surface area (Å²) in [5.41, 5.74) is 6.66. The van der Waals surface area contributed by atoms with Crippen LogP contribution in [0.4, 0.5) is 0 Å². The summed E-state index contributed by atoms with van der Waals surface area (Å²) in [7, 11) is 3.51. The van der Waals surface area contributed by atoms with Gasteiger partial charge in [-0.15, -0.1) is 0 Å². The standard InChI is InChI=1S/C28H37N7O2/c1-8-34(9-2)16-24(36)33(6)19(5)20-10-12-21(13-11-20)26-25(18(3)4)27(32-31-26)22-14-23(37-7)28-29-17-30-35(28)15-22/h10-15,17-19H,8-9,16H2,1-7H3,(H,31,32)/t19-/m0/s1. The van der Waals surface area contributed by atoms with Crippen LogP contribution in [0.2, 0.25) is 0 Å². The van der Waals surface area contributed by atoms with Crippen LogP contribution in [0.25, 0.3) is 28.2 Å². The topological polar surface area (TPSA) is 91.7 Å². The van der Waals surface area contributed by atoms with Crippen molar-refractivity contribution in [1.29, 1.82) is 0 Å². The molecule has 0 radical (unpaired) electrons. The zero-order valence-corrected chi connectivity index (χ0v) is 22.8. The second kappa shape index (κ2) is 11.1. The fraction of sp³-hybridized carbons (Fsp3) is 0.429. The van der Waals surface area contributed by atoms with Crippen molar-refractivity contribution in [3.63, 3.8) is 0 Å². The number of aromatic amines is 1. The van der Waals surface area contributed by atoms with E-state index < -0.39 is 0 Å². The minimum absolute atomic E-state index is 0.0270. The van der Waals surface area contributed by atoms with Gasteiger partial charge in [0.15, 0.2) is 11.4 Å². The molecule has 0 unspecified atom stereocenters. The highest BCUT2D eigenvalue weighted by atomic mass is 16.5. The molecular weight excluding hydrogens is 466 g/mol. The molecule has 1 N–H and O–H groups in total. The summed E-state index contributed by atoms with van der Waals surface area (Å²) < 4.78 is 7.26. The Morgan fingerprint density at radius 3 is 2.43 bits per heavy atom. The number of pyridine rings is 1. The summed E-state index contributed by atoms with van der Waals surface area (Å²) in [5, 5.41) is 12.3. The Bertz CT molecular complexity index is 1350. The van der Waals surface area contributed by atoms with Crippen LogP contribution in [0, 0.1) is 0 Å². The number of nitrogens with one attached hydrogen (secondary N) is 1. The molecule has 0 aliphatic rings. The van der Waals surface area contributed by atoms with Gasteiger partial charge in [-0.25, -0.2) is 9.50 Å². The Morgan fingerprint density at radius 1 is 1.11 bits per heavy atom. The molecule has 196 valence electrons. The van der Waals surface area contributed by atoms with E-state index in [1.54, 1.807) is 11.6 Å². The number of amides is 1. The molecular formula is C28H37N7O2. The van der Waals surface area contributed by atoms with E-state index in [-0.39, 0.29) is 17.9 Å². The van der Waals surface area contributed by atoms with Crippen LogP contribution in [0.5, 0.6) is 5.75 Å². The Kier molecular flexibility index (Phi) is 7.92. The molecule has 0 spiro atoms. The van der Waals surface area contributed by atoms with E-state index in [0.29, 0.717) is 17.9 Å². The van der Waals surface area contributed by atoms with Crippen LogP contribution in [0.3, 0.4) is 0 Å². The quantitative estimate of drug-likeness (QED) is 0.335. The van der Waals surface area contributed by atoms with Gasteiger partial charge in [0, 0.05) is 24.4 Å². The average molecular weight is 504 g/mol. The molecule has 37 heavy (non-hydrogen) atoms. The first-order valence-electron chi connectivity index (χ1n) is 12.8. The van der Waals surface area contributed by atoms with Gasteiger partial charge in [0.2, 0.25) is 5.91 Å². The van der Waals surface area contributed by atoms with E-state index in [0.717, 1.165) is 46.7 Å². The average Bonchev–Trinajstić information content (AvgIpc) is 3.57. The SMILES string of the molecule is CCN(CC)CC(=O)N(C)[C@@H](C)c1ccc(-c2[nH]nc(-c3cc(OC)c4ncnn4c3)c2C(C)C)cc1. The van der Waals surface area contributed by atoms with Crippen LogP contribution < -0.4 is 4.74 Å². The summed E-state index contributed by atoms with van der Waals surface area (Å²) in [6.07, 6.45) is 3.44. The number of rotatable bonds is 10. The monoisotopic (exact) mass is 503 g/mol. The van der Waals surface area contributed by atoms with Crippen LogP contribution in [-0.2, 0) is 4.79 Å². The summed E-state index contributed by atoms with van der Waals surface area (Å²) >= 11 is 0. The Labute approximate surface area is 218 Å². The number of nitrogens with zero attached hydrogens (tertiary/aromatic N) is 6. The van der Waals surface area contributed by atoms with Crippen molar-refractivity contribution < 1.29 is 9.53 Å².